The number of carboxylic acids is 1. The van der Waals surface area contributed by atoms with Crippen LogP contribution in [0.15, 0.2) is 0 Å². The van der Waals surface area contributed by atoms with Gasteiger partial charge in [0.1, 0.15) is 0 Å². The van der Waals surface area contributed by atoms with E-state index in [0.29, 0.717) is 6.04 Å². The maximum absolute atomic E-state index is 10.8. The van der Waals surface area contributed by atoms with Crippen molar-refractivity contribution < 1.29 is 14.6 Å². The number of ether oxygens (including phenoxy) is 1. The Balaban J connectivity index is 1.86. The Hall–Kier alpha value is -0.610. The number of hydrogen-bond donors (Lipinski definition) is 1. The summed E-state index contributed by atoms with van der Waals surface area (Å²) >= 11 is 0. The molecule has 0 radical (unpaired) electrons. The minimum atomic E-state index is -0.706. The van der Waals surface area contributed by atoms with Crippen LogP contribution in [0.1, 0.15) is 25.7 Å². The Morgan fingerprint density at radius 2 is 1.93 bits per heavy atom. The number of carboxylic acid groups (broad SMARTS) is 1. The van der Waals surface area contributed by atoms with Crippen LogP contribution in [0, 0.1) is 5.92 Å². The Morgan fingerprint density at radius 3 is 2.47 bits per heavy atom. The minimum absolute atomic E-state index is 0.196. The molecule has 0 aromatic carbocycles. The van der Waals surface area contributed by atoms with Gasteiger partial charge in [0.2, 0.25) is 0 Å². The SMILES string of the molecule is O=C(O)CN(CC1CC1)C1CCOCC1. The first-order valence-electron chi connectivity index (χ1n) is 5.79. The molecule has 4 nitrogen and oxygen atoms in total. The number of aliphatic carboxylic acids is 1. The molecule has 2 fully saturated rings. The summed E-state index contributed by atoms with van der Waals surface area (Å²) < 4.78 is 5.30. The third-order valence-corrected chi connectivity index (χ3v) is 3.24. The Morgan fingerprint density at radius 1 is 1.27 bits per heavy atom. The Bertz CT molecular complexity index is 222. The summed E-state index contributed by atoms with van der Waals surface area (Å²) in [5.74, 6) is 0.0503. The van der Waals surface area contributed by atoms with Gasteiger partial charge in [-0.3, -0.25) is 9.69 Å². The molecule has 1 N–H and O–H groups in total. The molecule has 0 aromatic rings. The van der Waals surface area contributed by atoms with Crippen molar-refractivity contribution in [3.8, 4) is 0 Å². The van der Waals surface area contributed by atoms with Crippen molar-refractivity contribution >= 4 is 5.97 Å². The van der Waals surface area contributed by atoms with Crippen LogP contribution in [0.4, 0.5) is 0 Å². The summed E-state index contributed by atoms with van der Waals surface area (Å²) in [6, 6.07) is 0.426. The van der Waals surface area contributed by atoms with Gasteiger partial charge in [-0.15, -0.1) is 0 Å². The largest absolute Gasteiger partial charge is 0.480 e. The van der Waals surface area contributed by atoms with Gasteiger partial charge in [-0.25, -0.2) is 0 Å². The summed E-state index contributed by atoms with van der Waals surface area (Å²) in [7, 11) is 0. The molecule has 0 aromatic heterocycles. The molecule has 0 amide bonds. The summed E-state index contributed by atoms with van der Waals surface area (Å²) in [5, 5.41) is 8.87. The maximum Gasteiger partial charge on any atom is 0.317 e. The van der Waals surface area contributed by atoms with Crippen molar-refractivity contribution in [1.29, 1.82) is 0 Å². The van der Waals surface area contributed by atoms with E-state index in [1.165, 1.54) is 12.8 Å². The fourth-order valence-electron chi connectivity index (χ4n) is 2.20. The second-order valence-corrected chi connectivity index (χ2v) is 4.61. The number of nitrogens with zero attached hydrogens (tertiary/aromatic N) is 1. The molecule has 2 aliphatic rings. The predicted octanol–water partition coefficient (Wildman–Crippen LogP) is 0.962. The molecule has 1 saturated heterocycles. The van der Waals surface area contributed by atoms with Crippen LogP contribution in [0.3, 0.4) is 0 Å². The van der Waals surface area contributed by atoms with E-state index in [0.717, 1.165) is 38.5 Å². The van der Waals surface area contributed by atoms with E-state index in [2.05, 4.69) is 4.90 Å². The van der Waals surface area contributed by atoms with E-state index >= 15 is 0 Å². The number of rotatable bonds is 5. The first kappa shape index (κ1) is 10.9. The molecule has 86 valence electrons. The molecule has 0 bridgehead atoms. The summed E-state index contributed by atoms with van der Waals surface area (Å²) in [5.41, 5.74) is 0. The van der Waals surface area contributed by atoms with Crippen LogP contribution in [0.5, 0.6) is 0 Å². The van der Waals surface area contributed by atoms with Crippen LogP contribution < -0.4 is 0 Å². The molecule has 0 spiro atoms. The van der Waals surface area contributed by atoms with Crippen molar-refractivity contribution in [3.63, 3.8) is 0 Å². The summed E-state index contributed by atoms with van der Waals surface area (Å²) in [6.45, 7) is 2.73. The van der Waals surface area contributed by atoms with Crippen LogP contribution in [-0.4, -0.2) is 48.3 Å². The van der Waals surface area contributed by atoms with Gasteiger partial charge in [-0.2, -0.15) is 0 Å². The molecule has 0 unspecified atom stereocenters. The summed E-state index contributed by atoms with van der Waals surface area (Å²) in [4.78, 5) is 12.9. The summed E-state index contributed by atoms with van der Waals surface area (Å²) in [6.07, 6.45) is 4.53. The first-order valence-corrected chi connectivity index (χ1v) is 5.79. The molecule has 1 aliphatic heterocycles. The molecular formula is C11H19NO3. The van der Waals surface area contributed by atoms with E-state index in [4.69, 9.17) is 9.84 Å². The zero-order valence-electron chi connectivity index (χ0n) is 9.02. The lowest BCUT2D eigenvalue weighted by molar-refractivity contribution is -0.139. The Labute approximate surface area is 90.2 Å². The van der Waals surface area contributed by atoms with Gasteiger partial charge in [-0.1, -0.05) is 0 Å². The van der Waals surface area contributed by atoms with Crippen molar-refractivity contribution in [3.05, 3.63) is 0 Å². The first-order chi connectivity index (χ1) is 7.25. The third kappa shape index (κ3) is 3.47. The normalized spacial score (nSPS) is 23.3. The zero-order valence-corrected chi connectivity index (χ0v) is 9.02. The maximum atomic E-state index is 10.8. The second-order valence-electron chi connectivity index (χ2n) is 4.61. The number of hydrogen-bond acceptors (Lipinski definition) is 3. The quantitative estimate of drug-likeness (QED) is 0.739. The van der Waals surface area contributed by atoms with Crippen LogP contribution >= 0.6 is 0 Å². The highest BCUT2D eigenvalue weighted by Crippen LogP contribution is 2.31. The second kappa shape index (κ2) is 4.94. The molecule has 15 heavy (non-hydrogen) atoms. The fourth-order valence-corrected chi connectivity index (χ4v) is 2.20. The molecule has 1 saturated carbocycles. The van der Waals surface area contributed by atoms with Gasteiger partial charge in [0, 0.05) is 25.8 Å². The van der Waals surface area contributed by atoms with Crippen molar-refractivity contribution in [2.45, 2.75) is 31.7 Å². The molecule has 2 rings (SSSR count). The van der Waals surface area contributed by atoms with E-state index in [9.17, 15) is 4.79 Å². The van der Waals surface area contributed by atoms with E-state index in [1.54, 1.807) is 0 Å². The molecule has 4 heteroatoms. The van der Waals surface area contributed by atoms with E-state index in [1.807, 2.05) is 0 Å². The number of carbonyl (C=O) groups is 1. The highest BCUT2D eigenvalue weighted by atomic mass is 16.5. The van der Waals surface area contributed by atoms with Gasteiger partial charge in [0.25, 0.3) is 0 Å². The van der Waals surface area contributed by atoms with Gasteiger partial charge < -0.3 is 9.84 Å². The predicted molar refractivity (Wildman–Crippen MR) is 55.8 cm³/mol. The van der Waals surface area contributed by atoms with Crippen LogP contribution in [0.2, 0.25) is 0 Å². The molecule has 1 aliphatic carbocycles. The van der Waals surface area contributed by atoms with Crippen LogP contribution in [0.25, 0.3) is 0 Å². The average molecular weight is 213 g/mol. The van der Waals surface area contributed by atoms with E-state index in [-0.39, 0.29) is 6.54 Å². The molecular weight excluding hydrogens is 194 g/mol. The van der Waals surface area contributed by atoms with Crippen molar-refractivity contribution in [2.24, 2.45) is 5.92 Å². The van der Waals surface area contributed by atoms with E-state index < -0.39 is 5.97 Å². The highest BCUT2D eigenvalue weighted by Gasteiger charge is 2.30. The lowest BCUT2D eigenvalue weighted by atomic mass is 10.1. The van der Waals surface area contributed by atoms with Crippen LogP contribution in [-0.2, 0) is 9.53 Å². The lowest BCUT2D eigenvalue weighted by Gasteiger charge is -2.33. The van der Waals surface area contributed by atoms with Crippen molar-refractivity contribution in [1.82, 2.24) is 4.90 Å². The van der Waals surface area contributed by atoms with Crippen molar-refractivity contribution in [2.75, 3.05) is 26.3 Å². The smallest absolute Gasteiger partial charge is 0.317 e. The monoisotopic (exact) mass is 213 g/mol. The molecule has 1 heterocycles. The van der Waals surface area contributed by atoms with Gasteiger partial charge in [0.15, 0.2) is 0 Å². The van der Waals surface area contributed by atoms with Gasteiger partial charge in [0.05, 0.1) is 6.54 Å². The minimum Gasteiger partial charge on any atom is -0.480 e. The third-order valence-electron chi connectivity index (χ3n) is 3.24. The topological polar surface area (TPSA) is 49.8 Å². The van der Waals surface area contributed by atoms with Gasteiger partial charge >= 0.3 is 5.97 Å². The van der Waals surface area contributed by atoms with Gasteiger partial charge in [-0.05, 0) is 31.6 Å². The fraction of sp³-hybridized carbons (Fsp3) is 0.909. The lowest BCUT2D eigenvalue weighted by Crippen LogP contribution is -2.43. The average Bonchev–Trinajstić information content (AvgIpc) is 3.01. The standard InChI is InChI=1S/C11H19NO3/c13-11(14)8-12(7-9-1-2-9)10-3-5-15-6-4-10/h9-10H,1-8H2,(H,13,14). The highest BCUT2D eigenvalue weighted by molar-refractivity contribution is 5.69. The Kier molecular flexibility index (Phi) is 3.59. The molecule has 0 atom stereocenters. The zero-order chi connectivity index (χ0) is 10.7.